The molecule has 0 radical (unpaired) electrons. The summed E-state index contributed by atoms with van der Waals surface area (Å²) >= 11 is 2.00. The summed E-state index contributed by atoms with van der Waals surface area (Å²) < 4.78 is 2.17. The number of aromatic nitrogens is 2. The standard InChI is InChI=1S/C13H13N3S/c1-16-12-3-2-9(7-14)6-11(12)15-13(16)10-4-5-17-8-10/h2-3,6,10H,4-5,8H2,1H3. The van der Waals surface area contributed by atoms with Crippen molar-refractivity contribution in [1.29, 1.82) is 5.26 Å². The van der Waals surface area contributed by atoms with Gasteiger partial charge in [-0.1, -0.05) is 0 Å². The van der Waals surface area contributed by atoms with Gasteiger partial charge in [0.2, 0.25) is 0 Å². The molecule has 2 aromatic rings. The topological polar surface area (TPSA) is 41.6 Å². The summed E-state index contributed by atoms with van der Waals surface area (Å²) in [6, 6.07) is 7.89. The number of rotatable bonds is 1. The monoisotopic (exact) mass is 243 g/mol. The van der Waals surface area contributed by atoms with Crippen LogP contribution in [0.1, 0.15) is 23.7 Å². The van der Waals surface area contributed by atoms with E-state index in [4.69, 9.17) is 10.2 Å². The molecule has 1 unspecified atom stereocenters. The van der Waals surface area contributed by atoms with Crippen LogP contribution in [-0.2, 0) is 7.05 Å². The van der Waals surface area contributed by atoms with E-state index in [1.165, 1.54) is 23.8 Å². The van der Waals surface area contributed by atoms with E-state index < -0.39 is 0 Å². The van der Waals surface area contributed by atoms with Crippen LogP contribution in [0, 0.1) is 11.3 Å². The minimum Gasteiger partial charge on any atom is -0.331 e. The largest absolute Gasteiger partial charge is 0.331 e. The van der Waals surface area contributed by atoms with Crippen molar-refractivity contribution in [1.82, 2.24) is 9.55 Å². The minimum atomic E-state index is 0.572. The molecular weight excluding hydrogens is 230 g/mol. The van der Waals surface area contributed by atoms with Gasteiger partial charge in [-0.2, -0.15) is 17.0 Å². The summed E-state index contributed by atoms with van der Waals surface area (Å²) in [4.78, 5) is 4.70. The third kappa shape index (κ3) is 1.71. The van der Waals surface area contributed by atoms with Gasteiger partial charge in [0.1, 0.15) is 5.82 Å². The summed E-state index contributed by atoms with van der Waals surface area (Å²) in [5.41, 5.74) is 2.75. The predicted octanol–water partition coefficient (Wildman–Crippen LogP) is 2.67. The first kappa shape index (κ1) is 10.7. The van der Waals surface area contributed by atoms with Crippen LogP contribution in [0.2, 0.25) is 0 Å². The number of thioether (sulfide) groups is 1. The quantitative estimate of drug-likeness (QED) is 0.773. The Balaban J connectivity index is 2.14. The Morgan fingerprint density at radius 1 is 1.53 bits per heavy atom. The third-order valence-electron chi connectivity index (χ3n) is 3.34. The van der Waals surface area contributed by atoms with Crippen molar-refractivity contribution in [2.24, 2.45) is 7.05 Å². The maximum atomic E-state index is 8.90. The maximum absolute atomic E-state index is 8.90. The van der Waals surface area contributed by atoms with E-state index in [1.54, 1.807) is 0 Å². The summed E-state index contributed by atoms with van der Waals surface area (Å²) in [6.07, 6.45) is 1.22. The number of fused-ring (bicyclic) bond motifs is 1. The maximum Gasteiger partial charge on any atom is 0.113 e. The van der Waals surface area contributed by atoms with Crippen LogP contribution in [0.15, 0.2) is 18.2 Å². The SMILES string of the molecule is Cn1c(C2CCSC2)nc2cc(C#N)ccc21. The highest BCUT2D eigenvalue weighted by molar-refractivity contribution is 7.99. The molecule has 1 aromatic heterocycles. The summed E-state index contributed by atoms with van der Waals surface area (Å²) in [6.45, 7) is 0. The van der Waals surface area contributed by atoms with E-state index in [9.17, 15) is 0 Å². The van der Waals surface area contributed by atoms with Crippen molar-refractivity contribution >= 4 is 22.8 Å². The van der Waals surface area contributed by atoms with Gasteiger partial charge in [-0.3, -0.25) is 0 Å². The van der Waals surface area contributed by atoms with Gasteiger partial charge in [0.15, 0.2) is 0 Å². The van der Waals surface area contributed by atoms with Crippen molar-refractivity contribution in [3.63, 3.8) is 0 Å². The molecule has 1 saturated heterocycles. The molecule has 0 saturated carbocycles. The van der Waals surface area contributed by atoms with Crippen LogP contribution in [0.3, 0.4) is 0 Å². The molecule has 0 bridgehead atoms. The zero-order chi connectivity index (χ0) is 11.8. The average Bonchev–Trinajstić information content (AvgIpc) is 2.97. The molecule has 3 nitrogen and oxygen atoms in total. The molecule has 0 aliphatic carbocycles. The zero-order valence-electron chi connectivity index (χ0n) is 9.68. The molecule has 86 valence electrons. The lowest BCUT2D eigenvalue weighted by molar-refractivity contribution is 0.680. The highest BCUT2D eigenvalue weighted by Gasteiger charge is 2.22. The van der Waals surface area contributed by atoms with Crippen LogP contribution >= 0.6 is 11.8 Å². The Bertz CT molecular complexity index is 603. The van der Waals surface area contributed by atoms with Gasteiger partial charge < -0.3 is 4.57 Å². The number of benzene rings is 1. The van der Waals surface area contributed by atoms with E-state index in [0.29, 0.717) is 11.5 Å². The smallest absolute Gasteiger partial charge is 0.113 e. The lowest BCUT2D eigenvalue weighted by Gasteiger charge is -2.07. The van der Waals surface area contributed by atoms with Gasteiger partial charge in [-0.15, -0.1) is 0 Å². The molecular formula is C13H13N3S. The van der Waals surface area contributed by atoms with Crippen LogP contribution in [0.4, 0.5) is 0 Å². The van der Waals surface area contributed by atoms with Crippen molar-refractivity contribution in [3.8, 4) is 6.07 Å². The van der Waals surface area contributed by atoms with Gasteiger partial charge in [-0.05, 0) is 30.4 Å². The third-order valence-corrected chi connectivity index (χ3v) is 4.50. The molecule has 1 fully saturated rings. The zero-order valence-corrected chi connectivity index (χ0v) is 10.5. The number of nitriles is 1. The number of hydrogen-bond donors (Lipinski definition) is 0. The molecule has 0 N–H and O–H groups in total. The van der Waals surface area contributed by atoms with Crippen LogP contribution in [-0.4, -0.2) is 21.1 Å². The van der Waals surface area contributed by atoms with E-state index in [0.717, 1.165) is 11.0 Å². The first-order chi connectivity index (χ1) is 8.29. The fourth-order valence-electron chi connectivity index (χ4n) is 2.39. The number of hydrogen-bond acceptors (Lipinski definition) is 3. The summed E-state index contributed by atoms with van der Waals surface area (Å²) in [5, 5.41) is 8.90. The van der Waals surface area contributed by atoms with E-state index in [1.807, 2.05) is 30.0 Å². The molecule has 1 aromatic carbocycles. The van der Waals surface area contributed by atoms with Gasteiger partial charge in [-0.25, -0.2) is 4.98 Å². The number of nitrogens with zero attached hydrogens (tertiary/aromatic N) is 3. The highest BCUT2D eigenvalue weighted by atomic mass is 32.2. The molecule has 0 spiro atoms. The molecule has 1 atom stereocenters. The normalized spacial score (nSPS) is 19.6. The lowest BCUT2D eigenvalue weighted by Crippen LogP contribution is -2.04. The highest BCUT2D eigenvalue weighted by Crippen LogP contribution is 2.33. The molecule has 2 heterocycles. The predicted molar refractivity (Wildman–Crippen MR) is 70.1 cm³/mol. The van der Waals surface area contributed by atoms with Crippen LogP contribution in [0.25, 0.3) is 11.0 Å². The van der Waals surface area contributed by atoms with Crippen molar-refractivity contribution < 1.29 is 0 Å². The van der Waals surface area contributed by atoms with Gasteiger partial charge in [0.25, 0.3) is 0 Å². The number of aryl methyl sites for hydroxylation is 1. The minimum absolute atomic E-state index is 0.572. The van der Waals surface area contributed by atoms with Crippen LogP contribution in [0.5, 0.6) is 0 Å². The summed E-state index contributed by atoms with van der Waals surface area (Å²) in [7, 11) is 2.07. The van der Waals surface area contributed by atoms with Gasteiger partial charge in [0.05, 0.1) is 22.7 Å². The average molecular weight is 243 g/mol. The Morgan fingerprint density at radius 3 is 3.12 bits per heavy atom. The van der Waals surface area contributed by atoms with E-state index >= 15 is 0 Å². The van der Waals surface area contributed by atoms with Crippen LogP contribution < -0.4 is 0 Å². The summed E-state index contributed by atoms with van der Waals surface area (Å²) in [5.74, 6) is 4.14. The fourth-order valence-corrected chi connectivity index (χ4v) is 3.61. The molecule has 3 rings (SSSR count). The molecule has 0 amide bonds. The lowest BCUT2D eigenvalue weighted by atomic mass is 10.1. The second kappa shape index (κ2) is 4.08. The van der Waals surface area contributed by atoms with Gasteiger partial charge in [0, 0.05) is 18.7 Å². The van der Waals surface area contributed by atoms with Gasteiger partial charge >= 0.3 is 0 Å². The second-order valence-corrected chi connectivity index (χ2v) is 5.55. The van der Waals surface area contributed by atoms with Crippen molar-refractivity contribution in [2.45, 2.75) is 12.3 Å². The Labute approximate surface area is 104 Å². The molecule has 17 heavy (non-hydrogen) atoms. The van der Waals surface area contributed by atoms with Crippen molar-refractivity contribution in [3.05, 3.63) is 29.6 Å². The second-order valence-electron chi connectivity index (χ2n) is 4.40. The molecule has 1 aliphatic heterocycles. The first-order valence-corrected chi connectivity index (χ1v) is 6.89. The molecule has 4 heteroatoms. The van der Waals surface area contributed by atoms with E-state index in [2.05, 4.69) is 17.7 Å². The Kier molecular flexibility index (Phi) is 2.56. The Morgan fingerprint density at radius 2 is 2.41 bits per heavy atom. The van der Waals surface area contributed by atoms with Crippen molar-refractivity contribution in [2.75, 3.05) is 11.5 Å². The van der Waals surface area contributed by atoms with E-state index in [-0.39, 0.29) is 0 Å². The number of imidazole rings is 1. The fraction of sp³-hybridized carbons (Fsp3) is 0.385. The first-order valence-electron chi connectivity index (χ1n) is 5.74. The Hall–Kier alpha value is -1.47. The molecule has 1 aliphatic rings.